The highest BCUT2D eigenvalue weighted by Crippen LogP contribution is 2.66. The van der Waals surface area contributed by atoms with Crippen molar-refractivity contribution in [1.29, 1.82) is 5.26 Å². The Morgan fingerprint density at radius 2 is 0.845 bits per heavy atom. The highest BCUT2D eigenvalue weighted by atomic mass is 79.9. The number of nitriles is 1. The Kier molecular flexibility index (Phi) is 45.8. The van der Waals surface area contributed by atoms with E-state index in [1.54, 1.807) is 138 Å². The summed E-state index contributed by atoms with van der Waals surface area (Å²) in [6.45, 7) is 56.1. The molecule has 5 aliphatic carbocycles. The number of amides is 5. The lowest BCUT2D eigenvalue weighted by Crippen LogP contribution is -2.46. The quantitative estimate of drug-likeness (QED) is 0.0204. The minimum atomic E-state index is -3.59. The third-order valence-electron chi connectivity index (χ3n) is 25.8. The number of anilines is 1. The monoisotopic (exact) mass is 2290 g/mol. The average molecular weight is 2300 g/mol. The number of nitrogens with two attached hydrogens (primary N) is 2. The summed E-state index contributed by atoms with van der Waals surface area (Å²) in [6.07, 6.45) is 8.51. The molecule has 1 unspecified atom stereocenters. The van der Waals surface area contributed by atoms with Crippen molar-refractivity contribution in [2.24, 2.45) is 38.2 Å². The van der Waals surface area contributed by atoms with Gasteiger partial charge in [0.1, 0.15) is 74.4 Å². The van der Waals surface area contributed by atoms with E-state index in [9.17, 15) is 70.7 Å². The number of rotatable bonds is 20. The summed E-state index contributed by atoms with van der Waals surface area (Å²) in [7, 11) is -4.59. The summed E-state index contributed by atoms with van der Waals surface area (Å²) in [5, 5.41) is 33.8. The molecule has 3 aromatic heterocycles. The van der Waals surface area contributed by atoms with Gasteiger partial charge in [0.2, 0.25) is 0 Å². The Hall–Kier alpha value is -8.32. The third-order valence-corrected chi connectivity index (χ3v) is 29.1. The Morgan fingerprint density at radius 3 is 1.11 bits per heavy atom. The number of nitrogens with zero attached hydrogens (tertiary/aromatic N) is 9. The van der Waals surface area contributed by atoms with E-state index in [4.69, 9.17) is 96.9 Å². The molecule has 3 aromatic rings. The predicted octanol–water partition coefficient (Wildman–Crippen LogP) is 19.4. The second-order valence-corrected chi connectivity index (χ2v) is 52.4. The number of carbonyl (C=O) groups excluding carboxylic acids is 10. The van der Waals surface area contributed by atoms with Gasteiger partial charge in [0.25, 0.3) is 10.1 Å². The molecule has 5 amide bonds. The number of ether oxygens (including phenoxy) is 10. The molecule has 840 valence electrons. The fourth-order valence-corrected chi connectivity index (χ4v) is 22.6. The van der Waals surface area contributed by atoms with E-state index < -0.39 is 136 Å². The maximum atomic E-state index is 12.8. The van der Waals surface area contributed by atoms with E-state index in [2.05, 4.69) is 95.2 Å². The summed E-state index contributed by atoms with van der Waals surface area (Å²) in [5.41, 5.74) is 9.74. The van der Waals surface area contributed by atoms with Crippen molar-refractivity contribution in [3.05, 3.63) is 54.5 Å². The van der Waals surface area contributed by atoms with E-state index in [1.165, 1.54) is 19.6 Å². The molecule has 9 heterocycles. The minimum absolute atomic E-state index is 0. The number of nitrogen functional groups attached to an aromatic ring is 1. The number of ketones is 1. The minimum Gasteiger partial charge on any atom is -0.480 e. The maximum absolute atomic E-state index is 12.8. The first kappa shape index (κ1) is 130. The largest absolute Gasteiger partial charge is 0.480 e. The van der Waals surface area contributed by atoms with E-state index in [0.717, 1.165) is 95.8 Å². The first-order valence-electron chi connectivity index (χ1n) is 50.1. The molecule has 6 N–H and O–H groups in total. The SMILES string of the molecule is C.C.CC(C)(C)C(=O)CBr.CC(C)(C)OC(=O)N1[C@H](C(=O)O)C[C@@]2(Cc3nc(C(C)(C)C)cs3)C[C@@H]12.CCOC(=O)[C@@H]1C[C@@]2(CC#N)C[C@H]2N1C(=O)OC(C)(C)C.CCOC(=O)[C@@H]1C[C@@]2(CC(N)=S)C[C@H]2N1C(=O)OC(C)(C)C.CCOC(=O)[C@@H]1C[C@@]2(COS(C)(=O)=O)C[C@H]2N1C(=O)OC(C)(C)C.CCOC(=O)[C@@H]1C[C@@]2(Cc3nc(C(C)(C)C)cs3)C[C@H]2N1C(=O)OC(C)(C)C.Cc1ccc(Br)nc1N.OC1CCCO1.[2H]CF. The van der Waals surface area contributed by atoms with Crippen molar-refractivity contribution in [2.75, 3.05) is 64.1 Å². The Balaban J connectivity index is 0.000000364. The van der Waals surface area contributed by atoms with Crippen LogP contribution in [-0.2, 0) is 114 Å². The normalized spacial score (nSPS) is 26.2. The number of alkyl halides is 2. The molecular weight excluding hydrogens is 2130 g/mol. The number of thiazole rings is 2. The van der Waals surface area contributed by atoms with Crippen molar-refractivity contribution < 1.29 is 129 Å². The van der Waals surface area contributed by atoms with E-state index in [-0.39, 0.29) is 127 Å². The maximum Gasteiger partial charge on any atom is 0.411 e. The molecule has 44 heteroatoms. The van der Waals surface area contributed by atoms with Crippen molar-refractivity contribution >= 4 is 154 Å². The number of piperidine rings is 5. The zero-order valence-electron chi connectivity index (χ0n) is 91.8. The van der Waals surface area contributed by atoms with Gasteiger partial charge in [-0.2, -0.15) is 13.7 Å². The van der Waals surface area contributed by atoms with Crippen LogP contribution in [0.2, 0.25) is 0 Å². The average Bonchev–Trinajstić information content (AvgIpc) is 1.53. The molecule has 37 nitrogen and oxygen atoms in total. The Bertz CT molecular complexity index is 5260. The number of aliphatic carboxylic acids is 1. The zero-order valence-corrected chi connectivity index (χ0v) is 97.2. The molecule has 0 spiro atoms. The number of carboxylic acids is 1. The lowest BCUT2D eigenvalue weighted by atomic mass is 9.92. The number of aliphatic hydroxyl groups excluding tert-OH is 1. The van der Waals surface area contributed by atoms with Crippen LogP contribution in [0.15, 0.2) is 27.5 Å². The van der Waals surface area contributed by atoms with Gasteiger partial charge in [-0.3, -0.25) is 37.9 Å². The Morgan fingerprint density at radius 1 is 0.541 bits per heavy atom. The molecular formula is C104H168Br2FN11O26S4. The number of likely N-dealkylation sites (tertiary alicyclic amines) is 5. The molecule has 16 atom stereocenters. The summed E-state index contributed by atoms with van der Waals surface area (Å²) < 4.78 is 96.1. The van der Waals surface area contributed by atoms with Gasteiger partial charge < -0.3 is 69.0 Å². The van der Waals surface area contributed by atoms with Crippen LogP contribution in [0.5, 0.6) is 0 Å². The molecule has 5 saturated carbocycles. The molecule has 6 saturated heterocycles. The molecule has 14 rings (SSSR count). The lowest BCUT2D eigenvalue weighted by molar-refractivity contribution is -0.149. The number of halogens is 3. The molecule has 0 radical (unpaired) electrons. The summed E-state index contributed by atoms with van der Waals surface area (Å²) >= 11 is 14.6. The third kappa shape index (κ3) is 37.3. The number of aryl methyl sites for hydroxylation is 1. The van der Waals surface area contributed by atoms with Gasteiger partial charge in [-0.05, 0) is 237 Å². The topological polar surface area (TPSA) is 495 Å². The second-order valence-electron chi connectivity index (χ2n) is 47.0. The molecule has 0 aromatic carbocycles. The van der Waals surface area contributed by atoms with Crippen molar-refractivity contribution in [3.8, 4) is 6.07 Å². The standard InChI is InChI=1S/C21H32N2O4S.C19H28N2O4S.C15H24N2O4S.C15H22N2O4.C15H25NO7S.C6H7BrN2.C6H11BrO.C4H8O2.CH3F.2CH4/c1-8-26-17(24)13-9-21(11-16-22-14(12-28-16)19(2,3)4)10-15(21)23(13)18(25)27-20(5,6)7;1-17(2,3)12-10-26-14(20-12)9-19-7-11(15(22)23)21(13(19)8-19)16(24)25-18(4,5)6;1-5-20-12(18)9-6-15(8-11(16)22)7-10(15)17(9)13(19)21-14(2,3)4;1-5-20-12(18)10-8-15(6-7-16)9-11(15)17(10)13(19)21-14(2,3)4;1-6-21-12(17)10-7-15(9-22-24(5,19)20)8-11(15)16(10)13(18)23-14(2,3)4;1-4-2-3-5(7)9-6(4)8;1-6(2,3)5(8)4-7;5-4-2-1-3-6-4;1-2;;/h12-13,15H,8-11H2,1-7H3;10-11,13H,7-9H2,1-6H3,(H,22,23);9-10H,5-8H2,1-4H3,(H2,16,22);10-11H,5-6,8-9H2,1-4H3;10-11H,6-9H2,1-5H3;2-3H,1H3,(H2,8,9);4H2,1-3H3;4-5H,1-3H2;1H3;2*1H4/t13-,15+,21-;11-,13+,19-;9-,10+,15-;2*10-,11+,15-;;;;;;/m00000....../s1/i;;;;;;;;1D;;. The van der Waals surface area contributed by atoms with Crippen LogP contribution in [0.1, 0.15) is 327 Å². The number of aromatic nitrogens is 3. The number of thiocarbonyl (C=S) groups is 1. The predicted molar refractivity (Wildman–Crippen MR) is 573 cm³/mol. The lowest BCUT2D eigenvalue weighted by Gasteiger charge is -2.29. The summed E-state index contributed by atoms with van der Waals surface area (Å²) in [6, 6.07) is 2.09. The van der Waals surface area contributed by atoms with Crippen LogP contribution < -0.4 is 11.5 Å². The van der Waals surface area contributed by atoms with E-state index in [0.29, 0.717) is 74.1 Å². The van der Waals surface area contributed by atoms with Crippen molar-refractivity contribution in [1.82, 2.24) is 39.5 Å². The highest BCUT2D eigenvalue weighted by molar-refractivity contribution is 9.10. The molecule has 6 aliphatic heterocycles. The Labute approximate surface area is 907 Å². The fraction of sp³-hybridized carbons (Fsp3) is 0.769. The van der Waals surface area contributed by atoms with Crippen LogP contribution in [0.3, 0.4) is 0 Å². The van der Waals surface area contributed by atoms with Crippen LogP contribution in [-0.4, -0.2) is 282 Å². The second kappa shape index (κ2) is 52.1. The number of esters is 4. The number of aliphatic hydroxyl groups is 1. The van der Waals surface area contributed by atoms with E-state index >= 15 is 0 Å². The number of pyridine rings is 1. The van der Waals surface area contributed by atoms with Gasteiger partial charge in [0.05, 0.1) is 85.6 Å². The first-order valence-corrected chi connectivity index (χ1v) is 55.3. The molecule has 11 fully saturated rings. The fourth-order valence-electron chi connectivity index (χ4n) is 18.3. The van der Waals surface area contributed by atoms with Gasteiger partial charge in [-0.15, -0.1) is 22.7 Å². The van der Waals surface area contributed by atoms with Gasteiger partial charge in [0, 0.05) is 123 Å². The van der Waals surface area contributed by atoms with Crippen molar-refractivity contribution in [2.45, 2.75) is 424 Å². The number of hydrogen-bond donors (Lipinski definition) is 4. The van der Waals surface area contributed by atoms with Gasteiger partial charge >= 0.3 is 60.3 Å². The number of Topliss-reactive ketones (excluding diaryl/α,β-unsaturated/α-hetero) is 1. The van der Waals surface area contributed by atoms with Crippen LogP contribution in [0.4, 0.5) is 34.2 Å². The van der Waals surface area contributed by atoms with E-state index in [1.807, 2.05) is 60.6 Å². The summed E-state index contributed by atoms with van der Waals surface area (Å²) in [4.78, 5) is 156. The van der Waals surface area contributed by atoms with Gasteiger partial charge in [-0.1, -0.05) is 111 Å². The van der Waals surface area contributed by atoms with Crippen LogP contribution in [0, 0.1) is 50.7 Å². The number of fused-ring (bicyclic) bond motifs is 5. The number of hydrogen-bond acceptors (Lipinski definition) is 33. The van der Waals surface area contributed by atoms with Gasteiger partial charge in [0.15, 0.2) is 6.29 Å². The van der Waals surface area contributed by atoms with Crippen LogP contribution in [0.25, 0.3) is 0 Å². The molecule has 11 aliphatic rings. The van der Waals surface area contributed by atoms with Gasteiger partial charge in [-0.25, -0.2) is 62.9 Å². The molecule has 0 bridgehead atoms. The summed E-state index contributed by atoms with van der Waals surface area (Å²) in [5.74, 6) is -1.77. The first-order chi connectivity index (χ1) is 67.4. The number of carbonyl (C=O) groups is 11. The molecule has 148 heavy (non-hydrogen) atoms. The highest BCUT2D eigenvalue weighted by Gasteiger charge is 2.73. The smallest absolute Gasteiger partial charge is 0.411 e. The number of carboxylic acid groups (broad SMARTS) is 1. The van der Waals surface area contributed by atoms with Crippen LogP contribution >= 0.6 is 66.8 Å². The van der Waals surface area contributed by atoms with Crippen molar-refractivity contribution in [3.63, 3.8) is 0 Å². The zero-order chi connectivity index (χ0) is 112.